The van der Waals surface area contributed by atoms with Crippen LogP contribution < -0.4 is 4.90 Å². The number of hydrogen-bond acceptors (Lipinski definition) is 5. The van der Waals surface area contributed by atoms with Crippen LogP contribution in [0.5, 0.6) is 0 Å². The Bertz CT molecular complexity index is 2340. The molecule has 0 saturated carbocycles. The zero-order valence-corrected chi connectivity index (χ0v) is 21.8. The summed E-state index contributed by atoms with van der Waals surface area (Å²) in [6, 6.07) is 39.7. The topological polar surface area (TPSA) is 55.3 Å². The molecule has 5 nitrogen and oxygen atoms in total. The molecule has 192 valence electrons. The molecule has 0 N–H and O–H groups in total. The van der Waals surface area contributed by atoms with E-state index in [0.29, 0.717) is 5.71 Å². The van der Waals surface area contributed by atoms with Gasteiger partial charge in [0, 0.05) is 34.2 Å². The average Bonchev–Trinajstić information content (AvgIpc) is 3.61. The maximum Gasteiger partial charge on any atom is 0.227 e. The minimum atomic E-state index is 0.614. The number of furan rings is 2. The van der Waals surface area contributed by atoms with E-state index in [4.69, 9.17) is 13.8 Å². The van der Waals surface area contributed by atoms with Gasteiger partial charge in [-0.15, -0.1) is 0 Å². The maximum atomic E-state index is 6.48. The predicted octanol–water partition coefficient (Wildman–Crippen LogP) is 10.1. The monoisotopic (exact) mass is 527 g/mol. The molecule has 4 heterocycles. The van der Waals surface area contributed by atoms with E-state index in [9.17, 15) is 0 Å². The minimum absolute atomic E-state index is 0.614. The molecule has 0 aliphatic rings. The van der Waals surface area contributed by atoms with Gasteiger partial charge in [-0.2, -0.15) is 0 Å². The van der Waals surface area contributed by atoms with Crippen molar-refractivity contribution in [3.8, 4) is 0 Å². The third-order valence-corrected chi connectivity index (χ3v) is 7.96. The van der Waals surface area contributed by atoms with Crippen molar-refractivity contribution in [2.24, 2.45) is 0 Å². The van der Waals surface area contributed by atoms with Crippen LogP contribution in [0.3, 0.4) is 0 Å². The third kappa shape index (κ3) is 3.23. The first-order chi connectivity index (χ1) is 20.3. The molecule has 41 heavy (non-hydrogen) atoms. The Balaban J connectivity index is 1.37. The fourth-order valence-electron chi connectivity index (χ4n) is 6.11. The van der Waals surface area contributed by atoms with Crippen LogP contribution in [0.1, 0.15) is 0 Å². The smallest absolute Gasteiger partial charge is 0.227 e. The van der Waals surface area contributed by atoms with E-state index in [1.165, 1.54) is 16.2 Å². The first-order valence-electron chi connectivity index (χ1n) is 13.6. The molecule has 9 aromatic rings. The summed E-state index contributed by atoms with van der Waals surface area (Å²) >= 11 is 0. The van der Waals surface area contributed by atoms with Crippen LogP contribution in [0.2, 0.25) is 0 Å². The van der Waals surface area contributed by atoms with E-state index >= 15 is 0 Å². The lowest BCUT2D eigenvalue weighted by atomic mass is 10.0. The molecule has 0 radical (unpaired) electrons. The van der Waals surface area contributed by atoms with Crippen molar-refractivity contribution >= 4 is 82.7 Å². The van der Waals surface area contributed by atoms with Gasteiger partial charge in [-0.25, -0.2) is 4.98 Å². The van der Waals surface area contributed by atoms with Gasteiger partial charge in [0.1, 0.15) is 11.1 Å². The van der Waals surface area contributed by atoms with Crippen LogP contribution in [0.15, 0.2) is 136 Å². The van der Waals surface area contributed by atoms with Gasteiger partial charge in [0.05, 0.1) is 11.4 Å². The van der Waals surface area contributed by atoms with Crippen LogP contribution in [-0.4, -0.2) is 9.97 Å². The lowest BCUT2D eigenvalue weighted by molar-refractivity contribution is 0.654. The molecule has 0 aliphatic carbocycles. The second kappa shape index (κ2) is 8.41. The Morgan fingerprint density at radius 1 is 0.488 bits per heavy atom. The standard InChI is InChI=1S/C36H21N3O2/c1-2-8-25-22(7-1)14-15-23-21-24(16-17-26(23)25)39(30-12-5-10-27-28-11-6-19-38-36(28)41-34(27)30)31-18-20-37-33-29-9-3-4-13-32(29)40-35(31)33/h1-21H. The first kappa shape index (κ1) is 22.2. The predicted molar refractivity (Wildman–Crippen MR) is 166 cm³/mol. The van der Waals surface area contributed by atoms with E-state index in [1.54, 1.807) is 6.20 Å². The number of benzene rings is 5. The quantitative estimate of drug-likeness (QED) is 0.214. The summed E-state index contributed by atoms with van der Waals surface area (Å²) in [6.45, 7) is 0. The summed E-state index contributed by atoms with van der Waals surface area (Å²) < 4.78 is 12.9. The Labute approximate surface area is 233 Å². The Kier molecular flexibility index (Phi) is 4.55. The fourth-order valence-corrected chi connectivity index (χ4v) is 6.11. The highest BCUT2D eigenvalue weighted by molar-refractivity contribution is 6.13. The molecular weight excluding hydrogens is 506 g/mol. The number of aromatic nitrogens is 2. The molecule has 0 atom stereocenters. The summed E-state index contributed by atoms with van der Waals surface area (Å²) in [5.41, 5.74) is 6.50. The summed E-state index contributed by atoms with van der Waals surface area (Å²) in [5.74, 6) is 0. The largest absolute Gasteiger partial charge is 0.452 e. The van der Waals surface area contributed by atoms with Crippen LogP contribution in [0.25, 0.3) is 65.7 Å². The van der Waals surface area contributed by atoms with E-state index in [1.807, 2.05) is 42.6 Å². The normalized spacial score (nSPS) is 11.9. The fraction of sp³-hybridized carbons (Fsp3) is 0. The second-order valence-corrected chi connectivity index (χ2v) is 10.2. The molecule has 0 fully saturated rings. The molecule has 0 bridgehead atoms. The van der Waals surface area contributed by atoms with Crippen molar-refractivity contribution in [2.45, 2.75) is 0 Å². The van der Waals surface area contributed by atoms with Crippen molar-refractivity contribution in [3.63, 3.8) is 0 Å². The lowest BCUT2D eigenvalue weighted by Gasteiger charge is -2.25. The molecule has 0 saturated heterocycles. The van der Waals surface area contributed by atoms with Gasteiger partial charge >= 0.3 is 0 Å². The van der Waals surface area contributed by atoms with Gasteiger partial charge in [0.2, 0.25) is 5.71 Å². The second-order valence-electron chi connectivity index (χ2n) is 10.2. The number of hydrogen-bond donors (Lipinski definition) is 0. The van der Waals surface area contributed by atoms with Gasteiger partial charge in [-0.05, 0) is 70.1 Å². The number of anilines is 3. The van der Waals surface area contributed by atoms with E-state index in [2.05, 4.69) is 88.7 Å². The summed E-state index contributed by atoms with van der Waals surface area (Å²) in [4.78, 5) is 11.4. The maximum absolute atomic E-state index is 6.48. The summed E-state index contributed by atoms with van der Waals surface area (Å²) in [6.07, 6.45) is 3.61. The van der Waals surface area contributed by atoms with Crippen molar-refractivity contribution in [2.75, 3.05) is 4.90 Å². The van der Waals surface area contributed by atoms with Crippen LogP contribution >= 0.6 is 0 Å². The highest BCUT2D eigenvalue weighted by Gasteiger charge is 2.24. The molecule has 0 spiro atoms. The van der Waals surface area contributed by atoms with Crippen molar-refractivity contribution < 1.29 is 8.83 Å². The molecular formula is C36H21N3O2. The zero-order valence-electron chi connectivity index (χ0n) is 21.8. The van der Waals surface area contributed by atoms with Crippen molar-refractivity contribution in [3.05, 3.63) is 128 Å². The molecule has 0 unspecified atom stereocenters. The lowest BCUT2D eigenvalue weighted by Crippen LogP contribution is -2.10. The first-order valence-corrected chi connectivity index (χ1v) is 13.6. The summed E-state index contributed by atoms with van der Waals surface area (Å²) in [7, 11) is 0. The Morgan fingerprint density at radius 3 is 2.24 bits per heavy atom. The van der Waals surface area contributed by atoms with Gasteiger partial charge in [0.25, 0.3) is 0 Å². The summed E-state index contributed by atoms with van der Waals surface area (Å²) in [5, 5.41) is 7.80. The van der Waals surface area contributed by atoms with Gasteiger partial charge in [-0.3, -0.25) is 4.98 Å². The molecule has 0 aliphatic heterocycles. The van der Waals surface area contributed by atoms with Crippen LogP contribution in [0.4, 0.5) is 17.1 Å². The SMILES string of the molecule is c1ccc2c(c1)ccc1cc(N(c3cccc4c3oc3ncccc34)c3ccnc4c3oc3ccccc34)ccc12. The highest BCUT2D eigenvalue weighted by Crippen LogP contribution is 2.45. The van der Waals surface area contributed by atoms with E-state index in [0.717, 1.165) is 60.9 Å². The average molecular weight is 528 g/mol. The van der Waals surface area contributed by atoms with Crippen molar-refractivity contribution in [1.29, 1.82) is 0 Å². The minimum Gasteiger partial charge on any atom is -0.452 e. The van der Waals surface area contributed by atoms with E-state index in [-0.39, 0.29) is 0 Å². The van der Waals surface area contributed by atoms with E-state index < -0.39 is 0 Å². The zero-order chi connectivity index (χ0) is 26.9. The molecule has 4 aromatic heterocycles. The molecule has 9 rings (SSSR count). The van der Waals surface area contributed by atoms with Gasteiger partial charge < -0.3 is 13.7 Å². The number of pyridine rings is 2. The molecule has 5 heteroatoms. The molecule has 0 amide bonds. The van der Waals surface area contributed by atoms with Crippen LogP contribution in [0, 0.1) is 0 Å². The van der Waals surface area contributed by atoms with Gasteiger partial charge in [-0.1, -0.05) is 66.7 Å². The number of para-hydroxylation sites is 2. The Morgan fingerprint density at radius 2 is 1.27 bits per heavy atom. The molecule has 5 aromatic carbocycles. The number of nitrogens with zero attached hydrogens (tertiary/aromatic N) is 3. The highest BCUT2D eigenvalue weighted by atomic mass is 16.3. The van der Waals surface area contributed by atoms with Crippen molar-refractivity contribution in [1.82, 2.24) is 9.97 Å². The van der Waals surface area contributed by atoms with Crippen LogP contribution in [-0.2, 0) is 0 Å². The number of fused-ring (bicyclic) bond motifs is 9. The third-order valence-electron chi connectivity index (χ3n) is 7.96. The number of rotatable bonds is 3. The van der Waals surface area contributed by atoms with Gasteiger partial charge in [0.15, 0.2) is 11.2 Å². The Hall–Kier alpha value is -5.68.